The standard InChI is InChI=1S/C31H31N3O3/c1-20-8-12-24(13-9-20)29-28(23-14-16-26(17-15-23)32-30(36)25-6-4-5-7-25)31(37-22(3)35)34(33-29)27-18-10-21(2)11-19-27/h8-19,25H,4-7H2,1-3H3,(H,32,36). The highest BCUT2D eigenvalue weighted by Gasteiger charge is 2.25. The van der Waals surface area contributed by atoms with Crippen molar-refractivity contribution in [2.45, 2.75) is 46.5 Å². The van der Waals surface area contributed by atoms with Crippen LogP contribution in [0.4, 0.5) is 5.69 Å². The van der Waals surface area contributed by atoms with Crippen LogP contribution in [-0.4, -0.2) is 21.7 Å². The van der Waals surface area contributed by atoms with Gasteiger partial charge in [-0.1, -0.05) is 72.5 Å². The molecule has 5 rings (SSSR count). The van der Waals surface area contributed by atoms with Crippen LogP contribution < -0.4 is 10.1 Å². The van der Waals surface area contributed by atoms with Crippen LogP contribution in [0.2, 0.25) is 0 Å². The Bertz CT molecular complexity index is 1410. The minimum Gasteiger partial charge on any atom is -0.407 e. The molecule has 1 aliphatic rings. The van der Waals surface area contributed by atoms with Gasteiger partial charge in [0.2, 0.25) is 11.8 Å². The number of esters is 1. The molecule has 1 aliphatic carbocycles. The first-order valence-corrected chi connectivity index (χ1v) is 12.8. The topological polar surface area (TPSA) is 73.2 Å². The minimum absolute atomic E-state index is 0.0818. The van der Waals surface area contributed by atoms with E-state index in [1.807, 2.05) is 86.6 Å². The molecule has 0 spiro atoms. The Morgan fingerprint density at radius 2 is 1.41 bits per heavy atom. The molecule has 4 aromatic rings. The van der Waals surface area contributed by atoms with Crippen LogP contribution in [0.5, 0.6) is 5.88 Å². The predicted octanol–water partition coefficient (Wildman–Crippen LogP) is 6.88. The molecule has 6 heteroatoms. The van der Waals surface area contributed by atoms with Crippen LogP contribution in [-0.2, 0) is 9.59 Å². The number of benzene rings is 3. The number of nitrogens with one attached hydrogen (secondary N) is 1. The summed E-state index contributed by atoms with van der Waals surface area (Å²) in [4.78, 5) is 24.8. The molecule has 0 saturated heterocycles. The van der Waals surface area contributed by atoms with E-state index in [0.29, 0.717) is 17.1 Å². The van der Waals surface area contributed by atoms with Crippen molar-refractivity contribution in [1.82, 2.24) is 9.78 Å². The molecule has 1 amide bonds. The van der Waals surface area contributed by atoms with E-state index in [1.165, 1.54) is 6.92 Å². The monoisotopic (exact) mass is 493 g/mol. The summed E-state index contributed by atoms with van der Waals surface area (Å²) >= 11 is 0. The Morgan fingerprint density at radius 3 is 2.00 bits per heavy atom. The lowest BCUT2D eigenvalue weighted by atomic mass is 10.00. The number of aromatic nitrogens is 2. The predicted molar refractivity (Wildman–Crippen MR) is 146 cm³/mol. The van der Waals surface area contributed by atoms with Gasteiger partial charge in [0.25, 0.3) is 0 Å². The van der Waals surface area contributed by atoms with Gasteiger partial charge in [-0.05, 0) is 56.5 Å². The maximum Gasteiger partial charge on any atom is 0.309 e. The van der Waals surface area contributed by atoms with Crippen LogP contribution in [0.15, 0.2) is 72.8 Å². The largest absolute Gasteiger partial charge is 0.407 e. The molecule has 6 nitrogen and oxygen atoms in total. The highest BCUT2D eigenvalue weighted by molar-refractivity contribution is 5.93. The molecule has 0 bridgehead atoms. The Balaban J connectivity index is 1.60. The summed E-state index contributed by atoms with van der Waals surface area (Å²) in [5, 5.41) is 7.99. The first-order chi connectivity index (χ1) is 17.9. The molecule has 0 atom stereocenters. The summed E-state index contributed by atoms with van der Waals surface area (Å²) < 4.78 is 7.48. The second-order valence-corrected chi connectivity index (χ2v) is 9.78. The first kappa shape index (κ1) is 24.5. The van der Waals surface area contributed by atoms with Crippen molar-refractivity contribution in [2.75, 3.05) is 5.32 Å². The normalized spacial score (nSPS) is 13.5. The van der Waals surface area contributed by atoms with E-state index in [2.05, 4.69) is 5.32 Å². The lowest BCUT2D eigenvalue weighted by molar-refractivity contribution is -0.132. The Labute approximate surface area is 217 Å². The summed E-state index contributed by atoms with van der Waals surface area (Å²) in [6, 6.07) is 23.7. The van der Waals surface area contributed by atoms with Crippen LogP contribution in [0.1, 0.15) is 43.7 Å². The van der Waals surface area contributed by atoms with E-state index in [-0.39, 0.29) is 11.8 Å². The molecule has 188 valence electrons. The molecule has 1 saturated carbocycles. The zero-order chi connectivity index (χ0) is 25.9. The highest BCUT2D eigenvalue weighted by atomic mass is 16.5. The number of carbonyl (C=O) groups is 2. The molecule has 37 heavy (non-hydrogen) atoms. The average molecular weight is 494 g/mol. The number of ether oxygens (including phenoxy) is 1. The fraction of sp³-hybridized carbons (Fsp3) is 0.258. The van der Waals surface area contributed by atoms with Crippen LogP contribution in [0, 0.1) is 19.8 Å². The van der Waals surface area contributed by atoms with E-state index >= 15 is 0 Å². The van der Waals surface area contributed by atoms with Gasteiger partial charge in [0.1, 0.15) is 5.69 Å². The zero-order valence-electron chi connectivity index (χ0n) is 21.5. The summed E-state index contributed by atoms with van der Waals surface area (Å²) in [5.74, 6) is 0.106. The Morgan fingerprint density at radius 1 is 0.838 bits per heavy atom. The van der Waals surface area contributed by atoms with Gasteiger partial charge < -0.3 is 10.1 Å². The van der Waals surface area contributed by atoms with Crippen LogP contribution in [0.25, 0.3) is 28.1 Å². The summed E-state index contributed by atoms with van der Waals surface area (Å²) in [7, 11) is 0. The van der Waals surface area contributed by atoms with Gasteiger partial charge in [0.05, 0.1) is 11.3 Å². The second-order valence-electron chi connectivity index (χ2n) is 9.78. The van der Waals surface area contributed by atoms with Crippen molar-refractivity contribution in [3.63, 3.8) is 0 Å². The van der Waals surface area contributed by atoms with Gasteiger partial charge in [0.15, 0.2) is 0 Å². The van der Waals surface area contributed by atoms with Crippen molar-refractivity contribution in [3.8, 4) is 34.0 Å². The third-order valence-electron chi connectivity index (χ3n) is 6.85. The molecule has 1 heterocycles. The van der Waals surface area contributed by atoms with Gasteiger partial charge >= 0.3 is 5.97 Å². The van der Waals surface area contributed by atoms with Gasteiger partial charge in [0, 0.05) is 24.1 Å². The van der Waals surface area contributed by atoms with E-state index in [9.17, 15) is 9.59 Å². The summed E-state index contributed by atoms with van der Waals surface area (Å²) in [6.07, 6.45) is 4.13. The molecular weight excluding hydrogens is 462 g/mol. The van der Waals surface area contributed by atoms with Gasteiger partial charge in [-0.15, -0.1) is 0 Å². The maximum atomic E-state index is 12.6. The Kier molecular flexibility index (Phi) is 6.91. The number of hydrogen-bond acceptors (Lipinski definition) is 4. The van der Waals surface area contributed by atoms with E-state index in [1.54, 1.807) is 4.68 Å². The average Bonchev–Trinajstić information content (AvgIpc) is 3.55. The molecule has 1 aromatic heterocycles. The molecule has 1 N–H and O–H groups in total. The fourth-order valence-corrected chi connectivity index (χ4v) is 4.82. The van der Waals surface area contributed by atoms with Crippen molar-refractivity contribution in [2.24, 2.45) is 5.92 Å². The molecule has 0 radical (unpaired) electrons. The number of hydrogen-bond donors (Lipinski definition) is 1. The van der Waals surface area contributed by atoms with Gasteiger partial charge in [-0.2, -0.15) is 9.78 Å². The third-order valence-corrected chi connectivity index (χ3v) is 6.85. The highest BCUT2D eigenvalue weighted by Crippen LogP contribution is 2.41. The molecule has 0 unspecified atom stereocenters. The lowest BCUT2D eigenvalue weighted by Crippen LogP contribution is -2.20. The fourth-order valence-electron chi connectivity index (χ4n) is 4.82. The number of carbonyl (C=O) groups excluding carboxylic acids is 2. The van der Waals surface area contributed by atoms with Crippen molar-refractivity contribution >= 4 is 17.6 Å². The van der Waals surface area contributed by atoms with Gasteiger partial charge in [-0.25, -0.2) is 0 Å². The zero-order valence-corrected chi connectivity index (χ0v) is 21.5. The van der Waals surface area contributed by atoms with E-state index < -0.39 is 5.97 Å². The maximum absolute atomic E-state index is 12.6. The van der Waals surface area contributed by atoms with Crippen molar-refractivity contribution in [3.05, 3.63) is 83.9 Å². The first-order valence-electron chi connectivity index (χ1n) is 12.8. The number of nitrogens with zero attached hydrogens (tertiary/aromatic N) is 2. The molecule has 3 aromatic carbocycles. The number of rotatable bonds is 6. The number of anilines is 1. The van der Waals surface area contributed by atoms with Crippen LogP contribution in [0.3, 0.4) is 0 Å². The SMILES string of the molecule is CC(=O)Oc1c(-c2ccc(NC(=O)C3CCCC3)cc2)c(-c2ccc(C)cc2)nn1-c1ccc(C)cc1. The number of amides is 1. The molecule has 1 fully saturated rings. The van der Waals surface area contributed by atoms with Gasteiger partial charge in [-0.3, -0.25) is 9.59 Å². The minimum atomic E-state index is -0.426. The van der Waals surface area contributed by atoms with Crippen molar-refractivity contribution in [1.29, 1.82) is 0 Å². The number of aryl methyl sites for hydroxylation is 2. The molecule has 0 aliphatic heterocycles. The van der Waals surface area contributed by atoms with Crippen LogP contribution >= 0.6 is 0 Å². The second kappa shape index (κ2) is 10.4. The van der Waals surface area contributed by atoms with E-state index in [4.69, 9.17) is 9.84 Å². The Hall–Kier alpha value is -4.19. The lowest BCUT2D eigenvalue weighted by Gasteiger charge is -2.12. The van der Waals surface area contributed by atoms with E-state index in [0.717, 1.165) is 59.3 Å². The summed E-state index contributed by atoms with van der Waals surface area (Å²) in [5.41, 5.74) is 6.99. The third kappa shape index (κ3) is 5.33. The molecular formula is C31H31N3O3. The smallest absolute Gasteiger partial charge is 0.309 e. The summed E-state index contributed by atoms with van der Waals surface area (Å²) in [6.45, 7) is 5.46. The van der Waals surface area contributed by atoms with Crippen molar-refractivity contribution < 1.29 is 14.3 Å². The quantitative estimate of drug-likeness (QED) is 0.297.